The summed E-state index contributed by atoms with van der Waals surface area (Å²) in [5.41, 5.74) is 2.18. The largest absolute Gasteiger partial charge is 0.497 e. The average molecular weight is 271 g/mol. The molecule has 1 aliphatic rings. The summed E-state index contributed by atoms with van der Waals surface area (Å²) < 4.78 is 5.26. The van der Waals surface area contributed by atoms with E-state index in [9.17, 15) is 0 Å². The van der Waals surface area contributed by atoms with E-state index in [0.29, 0.717) is 0 Å². The van der Waals surface area contributed by atoms with Crippen molar-refractivity contribution in [1.82, 2.24) is 15.3 Å². The zero-order valence-electron chi connectivity index (χ0n) is 11.9. The maximum absolute atomic E-state index is 5.26. The molecular formula is C16H21N3O. The van der Waals surface area contributed by atoms with Gasteiger partial charge in [0.25, 0.3) is 0 Å². The summed E-state index contributed by atoms with van der Waals surface area (Å²) >= 11 is 0. The molecular weight excluding hydrogens is 250 g/mol. The Labute approximate surface area is 119 Å². The second-order valence-electron chi connectivity index (χ2n) is 5.37. The zero-order valence-corrected chi connectivity index (χ0v) is 11.9. The molecule has 2 heterocycles. The Morgan fingerprint density at radius 1 is 1.30 bits per heavy atom. The number of rotatable bonds is 4. The Bertz CT molecular complexity index is 558. The van der Waals surface area contributed by atoms with Crippen molar-refractivity contribution >= 4 is 0 Å². The topological polar surface area (TPSA) is 49.9 Å². The van der Waals surface area contributed by atoms with Crippen LogP contribution in [0.25, 0.3) is 11.3 Å². The lowest BCUT2D eigenvalue weighted by Crippen LogP contribution is -2.28. The maximum atomic E-state index is 5.26. The fourth-order valence-electron chi connectivity index (χ4n) is 2.76. The molecule has 0 amide bonds. The molecule has 0 unspecified atom stereocenters. The number of aromatic nitrogens is 2. The van der Waals surface area contributed by atoms with Gasteiger partial charge >= 0.3 is 0 Å². The molecule has 106 valence electrons. The first-order valence-corrected chi connectivity index (χ1v) is 7.24. The Hall–Kier alpha value is -1.81. The molecule has 2 N–H and O–H groups in total. The Balaban J connectivity index is 1.72. The summed E-state index contributed by atoms with van der Waals surface area (Å²) in [5, 5.41) is 3.40. The fourth-order valence-corrected chi connectivity index (χ4v) is 2.76. The third-order valence-corrected chi connectivity index (χ3v) is 3.95. The number of ether oxygens (including phenoxy) is 1. The number of methoxy groups -OCH3 is 1. The van der Waals surface area contributed by atoms with E-state index in [-0.39, 0.29) is 0 Å². The third-order valence-electron chi connectivity index (χ3n) is 3.95. The molecule has 0 saturated carbocycles. The van der Waals surface area contributed by atoms with Crippen LogP contribution in [0, 0.1) is 5.92 Å². The van der Waals surface area contributed by atoms with Gasteiger partial charge in [0, 0.05) is 12.0 Å². The first-order valence-electron chi connectivity index (χ1n) is 7.24. The standard InChI is InChI=1S/C16H21N3O/c1-20-14-4-2-3-13(10-14)15-11-18-16(19-15)9-12-5-7-17-8-6-12/h2-4,10-12,17H,5-9H2,1H3,(H,18,19). The first-order chi connectivity index (χ1) is 9.85. The minimum atomic E-state index is 0.751. The van der Waals surface area contributed by atoms with Crippen LogP contribution >= 0.6 is 0 Å². The molecule has 0 atom stereocenters. The molecule has 4 nitrogen and oxygen atoms in total. The van der Waals surface area contributed by atoms with Crippen molar-refractivity contribution in [1.29, 1.82) is 0 Å². The molecule has 1 aromatic carbocycles. The fraction of sp³-hybridized carbons (Fsp3) is 0.438. The van der Waals surface area contributed by atoms with Gasteiger partial charge in [-0.25, -0.2) is 4.98 Å². The van der Waals surface area contributed by atoms with E-state index in [4.69, 9.17) is 4.74 Å². The quantitative estimate of drug-likeness (QED) is 0.898. The lowest BCUT2D eigenvalue weighted by Gasteiger charge is -2.21. The molecule has 0 aliphatic carbocycles. The number of imidazole rings is 1. The predicted molar refractivity (Wildman–Crippen MR) is 79.9 cm³/mol. The minimum absolute atomic E-state index is 0.751. The van der Waals surface area contributed by atoms with Crippen LogP contribution in [0.4, 0.5) is 0 Å². The third kappa shape index (κ3) is 3.02. The number of nitrogens with zero attached hydrogens (tertiary/aromatic N) is 1. The summed E-state index contributed by atoms with van der Waals surface area (Å²) in [7, 11) is 1.69. The molecule has 2 aromatic rings. The van der Waals surface area contributed by atoms with Crippen molar-refractivity contribution in [2.24, 2.45) is 5.92 Å². The number of H-pyrrole nitrogens is 1. The number of benzene rings is 1. The van der Waals surface area contributed by atoms with E-state index in [1.807, 2.05) is 24.4 Å². The highest BCUT2D eigenvalue weighted by Crippen LogP contribution is 2.23. The van der Waals surface area contributed by atoms with Crippen molar-refractivity contribution in [3.8, 4) is 17.0 Å². The molecule has 1 aliphatic heterocycles. The highest BCUT2D eigenvalue weighted by molar-refractivity contribution is 5.60. The number of aromatic amines is 1. The van der Waals surface area contributed by atoms with Gasteiger partial charge in [0.1, 0.15) is 11.6 Å². The molecule has 3 rings (SSSR count). The van der Waals surface area contributed by atoms with Gasteiger partial charge in [-0.3, -0.25) is 0 Å². The van der Waals surface area contributed by atoms with Gasteiger partial charge in [0.05, 0.1) is 19.0 Å². The Kier molecular flexibility index (Phi) is 4.02. The molecule has 4 heteroatoms. The highest BCUT2D eigenvalue weighted by Gasteiger charge is 2.15. The molecule has 1 aromatic heterocycles. The van der Waals surface area contributed by atoms with Crippen LogP contribution in [-0.4, -0.2) is 30.2 Å². The maximum Gasteiger partial charge on any atom is 0.119 e. The molecule has 0 spiro atoms. The normalized spacial score (nSPS) is 16.2. The van der Waals surface area contributed by atoms with E-state index in [2.05, 4.69) is 21.4 Å². The monoisotopic (exact) mass is 271 g/mol. The number of nitrogens with one attached hydrogen (secondary N) is 2. The van der Waals surface area contributed by atoms with Crippen molar-refractivity contribution in [2.75, 3.05) is 20.2 Å². The van der Waals surface area contributed by atoms with Crippen LogP contribution in [0.2, 0.25) is 0 Å². The smallest absolute Gasteiger partial charge is 0.119 e. The number of hydrogen-bond donors (Lipinski definition) is 2. The molecule has 0 radical (unpaired) electrons. The van der Waals surface area contributed by atoms with Gasteiger partial charge in [-0.1, -0.05) is 12.1 Å². The lowest BCUT2D eigenvalue weighted by molar-refractivity contribution is 0.368. The van der Waals surface area contributed by atoms with Crippen molar-refractivity contribution in [3.63, 3.8) is 0 Å². The SMILES string of the molecule is COc1cccc(-c2cnc(CC3CCNCC3)[nH]2)c1. The summed E-state index contributed by atoms with van der Waals surface area (Å²) in [6.07, 6.45) is 5.46. The molecule has 20 heavy (non-hydrogen) atoms. The van der Waals surface area contributed by atoms with Gasteiger partial charge in [-0.05, 0) is 44.0 Å². The average Bonchev–Trinajstić information content (AvgIpc) is 2.97. The molecule has 1 fully saturated rings. The summed E-state index contributed by atoms with van der Waals surface area (Å²) in [6.45, 7) is 2.27. The van der Waals surface area contributed by atoms with E-state index >= 15 is 0 Å². The van der Waals surface area contributed by atoms with E-state index in [0.717, 1.165) is 48.3 Å². The Morgan fingerprint density at radius 3 is 2.95 bits per heavy atom. The number of piperidine rings is 1. The second-order valence-corrected chi connectivity index (χ2v) is 5.37. The van der Waals surface area contributed by atoms with Gasteiger partial charge < -0.3 is 15.0 Å². The predicted octanol–water partition coefficient (Wildman–Crippen LogP) is 2.63. The number of hydrogen-bond acceptors (Lipinski definition) is 3. The highest BCUT2D eigenvalue weighted by atomic mass is 16.5. The van der Waals surface area contributed by atoms with Crippen molar-refractivity contribution in [2.45, 2.75) is 19.3 Å². The first kappa shape index (κ1) is 13.2. The van der Waals surface area contributed by atoms with E-state index < -0.39 is 0 Å². The van der Waals surface area contributed by atoms with Gasteiger partial charge in [0.15, 0.2) is 0 Å². The zero-order chi connectivity index (χ0) is 13.8. The second kappa shape index (κ2) is 6.09. The summed E-state index contributed by atoms with van der Waals surface area (Å²) in [4.78, 5) is 7.97. The van der Waals surface area contributed by atoms with Crippen LogP contribution in [0.5, 0.6) is 5.75 Å². The van der Waals surface area contributed by atoms with Crippen molar-refractivity contribution in [3.05, 3.63) is 36.3 Å². The van der Waals surface area contributed by atoms with Crippen molar-refractivity contribution < 1.29 is 4.74 Å². The van der Waals surface area contributed by atoms with Gasteiger partial charge in [0.2, 0.25) is 0 Å². The van der Waals surface area contributed by atoms with Gasteiger partial charge in [-0.2, -0.15) is 0 Å². The van der Waals surface area contributed by atoms with Crippen LogP contribution < -0.4 is 10.1 Å². The summed E-state index contributed by atoms with van der Waals surface area (Å²) in [5.74, 6) is 2.72. The molecule has 1 saturated heterocycles. The van der Waals surface area contributed by atoms with Crippen LogP contribution in [0.15, 0.2) is 30.5 Å². The van der Waals surface area contributed by atoms with E-state index in [1.165, 1.54) is 12.8 Å². The lowest BCUT2D eigenvalue weighted by atomic mass is 9.94. The Morgan fingerprint density at radius 2 is 2.15 bits per heavy atom. The van der Waals surface area contributed by atoms with E-state index in [1.54, 1.807) is 7.11 Å². The minimum Gasteiger partial charge on any atom is -0.497 e. The molecule has 0 bridgehead atoms. The van der Waals surface area contributed by atoms with Crippen LogP contribution in [0.3, 0.4) is 0 Å². The van der Waals surface area contributed by atoms with Gasteiger partial charge in [-0.15, -0.1) is 0 Å². The van der Waals surface area contributed by atoms with Crippen LogP contribution in [-0.2, 0) is 6.42 Å². The summed E-state index contributed by atoms with van der Waals surface area (Å²) in [6, 6.07) is 8.06. The van der Waals surface area contributed by atoms with Crippen LogP contribution in [0.1, 0.15) is 18.7 Å².